The van der Waals surface area contributed by atoms with Crippen molar-refractivity contribution in [3.05, 3.63) is 48.0 Å². The van der Waals surface area contributed by atoms with E-state index in [0.29, 0.717) is 17.9 Å². The Kier molecular flexibility index (Phi) is 4.23. The van der Waals surface area contributed by atoms with Crippen LogP contribution in [0, 0.1) is 11.8 Å². The average molecular weight is 244 g/mol. The molecule has 0 aromatic heterocycles. The fourth-order valence-electron chi connectivity index (χ4n) is 2.86. The lowest BCUT2D eigenvalue weighted by Gasteiger charge is -2.19. The molecule has 18 heavy (non-hydrogen) atoms. The predicted molar refractivity (Wildman–Crippen MR) is 76.4 cm³/mol. The van der Waals surface area contributed by atoms with Gasteiger partial charge in [0.2, 0.25) is 0 Å². The van der Waals surface area contributed by atoms with Crippen molar-refractivity contribution in [3.63, 3.8) is 0 Å². The highest BCUT2D eigenvalue weighted by molar-refractivity contribution is 5.22. The van der Waals surface area contributed by atoms with E-state index in [9.17, 15) is 0 Å². The van der Waals surface area contributed by atoms with Crippen LogP contribution in [-0.2, 0) is 4.74 Å². The fraction of sp³-hybridized carbons (Fsp3) is 0.529. The van der Waals surface area contributed by atoms with Crippen molar-refractivity contribution in [2.24, 2.45) is 11.8 Å². The molecule has 0 amide bonds. The van der Waals surface area contributed by atoms with Crippen LogP contribution >= 0.6 is 0 Å². The molecule has 1 saturated heterocycles. The summed E-state index contributed by atoms with van der Waals surface area (Å²) in [7, 11) is 0. The molecule has 0 spiro atoms. The maximum Gasteiger partial charge on any atom is 0.0894 e. The minimum Gasteiger partial charge on any atom is -0.370 e. The molecular weight excluding hydrogens is 220 g/mol. The van der Waals surface area contributed by atoms with E-state index in [0.717, 1.165) is 12.8 Å². The van der Waals surface area contributed by atoms with Gasteiger partial charge in [-0.3, -0.25) is 0 Å². The van der Waals surface area contributed by atoms with Gasteiger partial charge in [-0.25, -0.2) is 0 Å². The lowest BCUT2D eigenvalue weighted by Crippen LogP contribution is -2.09. The summed E-state index contributed by atoms with van der Waals surface area (Å²) in [4.78, 5) is 0. The molecule has 1 aromatic carbocycles. The van der Waals surface area contributed by atoms with Crippen molar-refractivity contribution in [1.82, 2.24) is 0 Å². The van der Waals surface area contributed by atoms with Crippen LogP contribution in [0.25, 0.3) is 0 Å². The highest BCUT2D eigenvalue weighted by Crippen LogP contribution is 2.43. The molecule has 1 heterocycles. The largest absolute Gasteiger partial charge is 0.370 e. The van der Waals surface area contributed by atoms with E-state index in [1.807, 2.05) is 0 Å². The molecule has 1 aliphatic heterocycles. The van der Waals surface area contributed by atoms with Gasteiger partial charge in [0.1, 0.15) is 0 Å². The summed E-state index contributed by atoms with van der Waals surface area (Å²) < 4.78 is 6.27. The van der Waals surface area contributed by atoms with E-state index in [1.54, 1.807) is 0 Å². The van der Waals surface area contributed by atoms with E-state index < -0.39 is 0 Å². The maximum atomic E-state index is 6.27. The lowest BCUT2D eigenvalue weighted by molar-refractivity contribution is 0.0267. The Balaban J connectivity index is 2.15. The van der Waals surface area contributed by atoms with Gasteiger partial charge in [-0.2, -0.15) is 0 Å². The monoisotopic (exact) mass is 244 g/mol. The smallest absolute Gasteiger partial charge is 0.0894 e. The zero-order valence-electron chi connectivity index (χ0n) is 11.7. The first-order valence-electron chi connectivity index (χ1n) is 6.93. The van der Waals surface area contributed by atoms with Crippen molar-refractivity contribution >= 4 is 0 Å². The van der Waals surface area contributed by atoms with Gasteiger partial charge in [0.25, 0.3) is 0 Å². The Bertz CT molecular complexity index is 393. The van der Waals surface area contributed by atoms with Crippen LogP contribution in [-0.4, -0.2) is 6.10 Å². The Morgan fingerprint density at radius 3 is 2.56 bits per heavy atom. The van der Waals surface area contributed by atoms with E-state index in [-0.39, 0.29) is 6.10 Å². The van der Waals surface area contributed by atoms with Crippen LogP contribution < -0.4 is 0 Å². The normalized spacial score (nSPS) is 27.7. The molecule has 0 aliphatic carbocycles. The summed E-state index contributed by atoms with van der Waals surface area (Å²) in [5, 5.41) is 0. The van der Waals surface area contributed by atoms with E-state index >= 15 is 0 Å². The second-order valence-corrected chi connectivity index (χ2v) is 5.91. The third-order valence-corrected chi connectivity index (χ3v) is 3.72. The molecule has 0 radical (unpaired) electrons. The standard InChI is InChI=1S/C17H24O/c1-12(2)10-15-11-16(13(3)4)17(18-15)14-8-6-5-7-9-14/h5-9,12,15-17H,3,10-11H2,1-2,4H3/t15-,16+,17+/m1/s1. The Labute approximate surface area is 111 Å². The molecule has 0 bridgehead atoms. The summed E-state index contributed by atoms with van der Waals surface area (Å²) >= 11 is 0. The average Bonchev–Trinajstić information content (AvgIpc) is 2.73. The van der Waals surface area contributed by atoms with E-state index in [4.69, 9.17) is 4.74 Å². The Morgan fingerprint density at radius 1 is 1.33 bits per heavy atom. The quantitative estimate of drug-likeness (QED) is 0.694. The molecule has 0 N–H and O–H groups in total. The predicted octanol–water partition coefficient (Wildman–Crippen LogP) is 4.76. The van der Waals surface area contributed by atoms with E-state index in [2.05, 4.69) is 57.7 Å². The topological polar surface area (TPSA) is 9.23 Å². The minimum atomic E-state index is 0.201. The Hall–Kier alpha value is -1.08. The van der Waals surface area contributed by atoms with Crippen molar-refractivity contribution < 1.29 is 4.74 Å². The fourth-order valence-corrected chi connectivity index (χ4v) is 2.86. The van der Waals surface area contributed by atoms with Crippen LogP contribution in [0.1, 0.15) is 45.3 Å². The van der Waals surface area contributed by atoms with Crippen LogP contribution in [0.2, 0.25) is 0 Å². The van der Waals surface area contributed by atoms with Gasteiger partial charge in [0, 0.05) is 5.92 Å². The van der Waals surface area contributed by atoms with Crippen LogP contribution in [0.3, 0.4) is 0 Å². The highest BCUT2D eigenvalue weighted by Gasteiger charge is 2.36. The summed E-state index contributed by atoms with van der Waals surface area (Å²) in [6, 6.07) is 10.6. The molecule has 0 unspecified atom stereocenters. The summed E-state index contributed by atoms with van der Waals surface area (Å²) in [6.45, 7) is 10.8. The number of ether oxygens (including phenoxy) is 1. The molecule has 1 heteroatoms. The Morgan fingerprint density at radius 2 is 2.00 bits per heavy atom. The van der Waals surface area contributed by atoms with Crippen LogP contribution in [0.4, 0.5) is 0 Å². The number of hydrogen-bond acceptors (Lipinski definition) is 1. The molecule has 2 rings (SSSR count). The number of rotatable bonds is 4. The maximum absolute atomic E-state index is 6.27. The molecule has 0 saturated carbocycles. The lowest BCUT2D eigenvalue weighted by atomic mass is 9.88. The van der Waals surface area contributed by atoms with Crippen molar-refractivity contribution in [2.75, 3.05) is 0 Å². The minimum absolute atomic E-state index is 0.201. The van der Waals surface area contributed by atoms with E-state index in [1.165, 1.54) is 11.1 Å². The van der Waals surface area contributed by atoms with Crippen molar-refractivity contribution in [2.45, 2.75) is 45.8 Å². The zero-order chi connectivity index (χ0) is 13.1. The van der Waals surface area contributed by atoms with Gasteiger partial charge in [0.05, 0.1) is 12.2 Å². The van der Waals surface area contributed by atoms with Gasteiger partial charge in [-0.1, -0.05) is 56.3 Å². The SMILES string of the molecule is C=C(C)[C@@H]1C[C@@H](CC(C)C)O[C@H]1c1ccccc1. The van der Waals surface area contributed by atoms with Gasteiger partial charge in [-0.05, 0) is 31.2 Å². The van der Waals surface area contributed by atoms with Crippen molar-refractivity contribution in [3.8, 4) is 0 Å². The van der Waals surface area contributed by atoms with Gasteiger partial charge >= 0.3 is 0 Å². The molecule has 98 valence electrons. The number of benzene rings is 1. The van der Waals surface area contributed by atoms with Gasteiger partial charge < -0.3 is 4.74 Å². The highest BCUT2D eigenvalue weighted by atomic mass is 16.5. The second kappa shape index (κ2) is 5.71. The molecule has 1 fully saturated rings. The molecule has 1 aliphatic rings. The molecule has 1 aromatic rings. The van der Waals surface area contributed by atoms with Gasteiger partial charge in [0.15, 0.2) is 0 Å². The third kappa shape index (κ3) is 3.02. The number of hydrogen-bond donors (Lipinski definition) is 0. The summed E-state index contributed by atoms with van der Waals surface area (Å²) in [5.74, 6) is 1.16. The first kappa shape index (κ1) is 13.4. The molecular formula is C17H24O. The van der Waals surface area contributed by atoms with Crippen LogP contribution in [0.5, 0.6) is 0 Å². The summed E-state index contributed by atoms with van der Waals surface area (Å²) in [5.41, 5.74) is 2.53. The molecule has 3 atom stereocenters. The van der Waals surface area contributed by atoms with Crippen molar-refractivity contribution in [1.29, 1.82) is 0 Å². The summed E-state index contributed by atoms with van der Waals surface area (Å²) in [6.07, 6.45) is 2.85. The molecule has 1 nitrogen and oxygen atoms in total. The second-order valence-electron chi connectivity index (χ2n) is 5.91. The third-order valence-electron chi connectivity index (χ3n) is 3.72. The zero-order valence-corrected chi connectivity index (χ0v) is 11.7. The van der Waals surface area contributed by atoms with Gasteiger partial charge in [-0.15, -0.1) is 0 Å². The first-order chi connectivity index (χ1) is 8.58. The van der Waals surface area contributed by atoms with Crippen LogP contribution in [0.15, 0.2) is 42.5 Å². The first-order valence-corrected chi connectivity index (χ1v) is 6.93.